The largest absolute Gasteiger partial charge is 1.00 e. The Hall–Kier alpha value is -2.91. The number of hydrazone groups is 2. The van der Waals surface area contributed by atoms with Crippen molar-refractivity contribution in [2.75, 3.05) is 16.6 Å². The summed E-state index contributed by atoms with van der Waals surface area (Å²) in [5, 5.41) is 15.3. The molecule has 0 amide bonds. The monoisotopic (exact) mass is 808 g/mol. The van der Waals surface area contributed by atoms with Gasteiger partial charge in [0.2, 0.25) is 11.6 Å². The number of Topliss-reactive ketones (excluding diaryl/α,β-unsaturated/α-hetero) is 1. The molecule has 0 unspecified atom stereocenters. The van der Waals surface area contributed by atoms with Crippen molar-refractivity contribution >= 4 is 87.9 Å². The number of benzene rings is 3. The Balaban J connectivity index is 0.00000324. The van der Waals surface area contributed by atoms with Crippen molar-refractivity contribution in [3.05, 3.63) is 94.6 Å². The zero-order valence-corrected chi connectivity index (χ0v) is 36.1. The zero-order chi connectivity index (χ0) is 36.6. The van der Waals surface area contributed by atoms with E-state index in [4.69, 9.17) is 11.5 Å². The Morgan fingerprint density at radius 1 is 0.660 bits per heavy atom. The van der Waals surface area contributed by atoms with Gasteiger partial charge >= 0.3 is 88.7 Å². The fourth-order valence-electron chi connectivity index (χ4n) is 4.36. The summed E-state index contributed by atoms with van der Waals surface area (Å²) >= 11 is 0. The number of rotatable bonds is 9. The fraction of sp³-hybridized carbons (Fsp3) is 0. The molecule has 258 valence electrons. The van der Waals surface area contributed by atoms with E-state index in [1.807, 2.05) is 0 Å². The van der Waals surface area contributed by atoms with E-state index in [1.165, 1.54) is 42.5 Å². The molecule has 25 heteroatoms. The SMILES string of the molecule is NC1=CC(=O)/C(=N/Nc2ccc(N=Nc3c(S(=O)(=O)[O-])cc4c(c3N)C(=O)/C(=N/Nc3ccc(S(=O)(=O)[O-])cc3)C(S(=O)(=O)[O-])=C4)cc2)C=C1.[Na+].[Na+].[Na+]. The van der Waals surface area contributed by atoms with Crippen LogP contribution in [0.5, 0.6) is 0 Å². The van der Waals surface area contributed by atoms with Gasteiger partial charge in [0.15, 0.2) is 0 Å². The first-order valence-corrected chi connectivity index (χ1v) is 17.6. The van der Waals surface area contributed by atoms with E-state index >= 15 is 0 Å². The van der Waals surface area contributed by atoms with Gasteiger partial charge in [-0.15, -0.1) is 5.11 Å². The number of nitrogen functional groups attached to an aromatic ring is 1. The third kappa shape index (κ3) is 11.1. The summed E-state index contributed by atoms with van der Waals surface area (Å²) in [5.74, 6) is -1.72. The number of hydrogen-bond acceptors (Lipinski definition) is 19. The Morgan fingerprint density at radius 2 is 1.23 bits per heavy atom. The van der Waals surface area contributed by atoms with Crippen LogP contribution in [0.1, 0.15) is 15.9 Å². The van der Waals surface area contributed by atoms with E-state index in [1.54, 1.807) is 0 Å². The second-order valence-corrected chi connectivity index (χ2v) is 14.2. The molecule has 5 rings (SSSR count). The molecular weight excluding hydrogens is 790 g/mol. The van der Waals surface area contributed by atoms with Gasteiger partial charge in [0.1, 0.15) is 47.5 Å². The summed E-state index contributed by atoms with van der Waals surface area (Å²) in [4.78, 5) is 22.6. The fourth-order valence-corrected chi connectivity index (χ4v) is 6.14. The minimum atomic E-state index is -5.47. The van der Waals surface area contributed by atoms with Gasteiger partial charge in [0, 0.05) is 11.8 Å². The average molecular weight is 809 g/mol. The molecule has 0 heterocycles. The predicted octanol–water partition coefficient (Wildman–Crippen LogP) is -7.20. The van der Waals surface area contributed by atoms with Crippen molar-refractivity contribution in [2.24, 2.45) is 26.2 Å². The molecule has 0 aliphatic heterocycles. The molecule has 0 bridgehead atoms. The van der Waals surface area contributed by atoms with Crippen molar-refractivity contribution < 1.29 is 137 Å². The summed E-state index contributed by atoms with van der Waals surface area (Å²) < 4.78 is 107. The molecule has 0 aromatic heterocycles. The minimum absolute atomic E-state index is 0. The number of hydrogen-bond donors (Lipinski definition) is 4. The van der Waals surface area contributed by atoms with Gasteiger partial charge in [-0.1, -0.05) is 0 Å². The van der Waals surface area contributed by atoms with Crippen LogP contribution in [0, 0.1) is 0 Å². The maximum atomic E-state index is 13.6. The van der Waals surface area contributed by atoms with Crippen LogP contribution in [-0.2, 0) is 35.1 Å². The number of nitrogens with one attached hydrogen (secondary N) is 2. The second-order valence-electron chi connectivity index (χ2n) is 10.1. The van der Waals surface area contributed by atoms with Gasteiger partial charge in [0.25, 0.3) is 0 Å². The molecule has 0 fully saturated rings. The summed E-state index contributed by atoms with van der Waals surface area (Å²) in [6.45, 7) is 0. The number of nitrogens with two attached hydrogens (primary N) is 2. The van der Waals surface area contributed by atoms with Crippen LogP contribution in [0.4, 0.5) is 28.4 Å². The number of anilines is 3. The maximum absolute atomic E-state index is 13.6. The molecular formula is C28H19N8Na3O11S3. The van der Waals surface area contributed by atoms with Crippen LogP contribution < -0.4 is 111 Å². The zero-order valence-electron chi connectivity index (χ0n) is 27.7. The first kappa shape index (κ1) is 46.2. The number of carbonyl (C=O) groups is 2. The number of carbonyl (C=O) groups excluding carboxylic acids is 2. The number of nitrogens with zero attached hydrogens (tertiary/aromatic N) is 4. The topological polar surface area (TPSA) is 331 Å². The smallest absolute Gasteiger partial charge is 0.744 e. The van der Waals surface area contributed by atoms with E-state index in [9.17, 15) is 48.5 Å². The first-order valence-electron chi connectivity index (χ1n) is 13.4. The second kappa shape index (κ2) is 18.1. The van der Waals surface area contributed by atoms with Crippen molar-refractivity contribution in [1.82, 2.24) is 0 Å². The standard InChI is InChI=1S/C28H22N8O11S3.3Na/c29-15-1-10-20(21(37)13-15)34-31-16-2-4-17(5-3-16)32-35-26-22(49(42,43)44)11-14-12-23(50(45,46)47)27(28(38)24(14)25(26)30)36-33-18-6-8-19(9-7-18)48(39,40)41;;;/h1-13,31,33H,29-30H2,(H,39,40,41)(H,42,43,44)(H,45,46,47);;;/q;3*+1/p-3/b34-20+,35-32?,36-27+;;;. The molecule has 2 aliphatic rings. The molecule has 0 spiro atoms. The normalized spacial score (nSPS) is 15.8. The van der Waals surface area contributed by atoms with E-state index in [0.717, 1.165) is 24.3 Å². The molecule has 0 saturated carbocycles. The van der Waals surface area contributed by atoms with Gasteiger partial charge in [-0.3, -0.25) is 20.4 Å². The summed E-state index contributed by atoms with van der Waals surface area (Å²) in [5.41, 5.74) is 13.8. The van der Waals surface area contributed by atoms with Gasteiger partial charge in [-0.25, -0.2) is 25.3 Å². The van der Waals surface area contributed by atoms with Crippen molar-refractivity contribution in [3.8, 4) is 0 Å². The molecule has 6 N–H and O–H groups in total. The number of fused-ring (bicyclic) bond motifs is 1. The van der Waals surface area contributed by atoms with Gasteiger partial charge in [-0.05, 0) is 78.4 Å². The third-order valence-electron chi connectivity index (χ3n) is 6.70. The van der Waals surface area contributed by atoms with Crippen LogP contribution in [-0.4, -0.2) is 61.9 Å². The number of azo groups is 1. The predicted molar refractivity (Wildman–Crippen MR) is 174 cm³/mol. The summed E-state index contributed by atoms with van der Waals surface area (Å²) in [6, 6.07) is 10.2. The Bertz CT molecular complexity index is 2500. The average Bonchev–Trinajstić information content (AvgIpc) is 3.02. The Morgan fingerprint density at radius 3 is 1.75 bits per heavy atom. The molecule has 0 radical (unpaired) electrons. The van der Waals surface area contributed by atoms with Gasteiger partial charge < -0.3 is 25.1 Å². The van der Waals surface area contributed by atoms with Crippen LogP contribution in [0.15, 0.2) is 114 Å². The third-order valence-corrected chi connectivity index (χ3v) is 9.25. The van der Waals surface area contributed by atoms with Crippen LogP contribution in [0.2, 0.25) is 0 Å². The van der Waals surface area contributed by atoms with E-state index in [0.29, 0.717) is 17.8 Å². The number of allylic oxidation sites excluding steroid dienone is 4. The molecule has 3 aromatic rings. The van der Waals surface area contributed by atoms with Crippen molar-refractivity contribution in [1.29, 1.82) is 0 Å². The van der Waals surface area contributed by atoms with Crippen LogP contribution in [0.3, 0.4) is 0 Å². The Labute approximate surface area is 368 Å². The summed E-state index contributed by atoms with van der Waals surface area (Å²) in [6.07, 6.45) is 4.69. The van der Waals surface area contributed by atoms with E-state index in [-0.39, 0.29) is 111 Å². The van der Waals surface area contributed by atoms with E-state index in [2.05, 4.69) is 31.3 Å². The minimum Gasteiger partial charge on any atom is -0.744 e. The molecule has 53 heavy (non-hydrogen) atoms. The van der Waals surface area contributed by atoms with E-state index < -0.39 is 84.8 Å². The molecule has 19 nitrogen and oxygen atoms in total. The van der Waals surface area contributed by atoms with Gasteiger partial charge in [-0.2, -0.15) is 15.3 Å². The summed E-state index contributed by atoms with van der Waals surface area (Å²) in [7, 11) is -15.7. The molecule has 0 saturated heterocycles. The first-order chi connectivity index (χ1) is 23.3. The number of ketones is 2. The maximum Gasteiger partial charge on any atom is 1.00 e. The Kier molecular flexibility index (Phi) is 15.8. The van der Waals surface area contributed by atoms with Crippen molar-refractivity contribution in [3.63, 3.8) is 0 Å². The molecule has 3 aromatic carbocycles. The van der Waals surface area contributed by atoms with Crippen LogP contribution >= 0.6 is 0 Å². The molecule has 2 aliphatic carbocycles. The quantitative estimate of drug-likeness (QED) is 0.0390. The van der Waals surface area contributed by atoms with Crippen molar-refractivity contribution in [2.45, 2.75) is 9.79 Å². The molecule has 0 atom stereocenters. The van der Waals surface area contributed by atoms with Gasteiger partial charge in [0.05, 0.1) is 43.0 Å². The van der Waals surface area contributed by atoms with Crippen LogP contribution in [0.25, 0.3) is 6.08 Å².